The Balaban J connectivity index is 2.66. The average molecular weight is 164 g/mol. The highest BCUT2D eigenvalue weighted by atomic mass is 16.3. The summed E-state index contributed by atoms with van der Waals surface area (Å²) < 4.78 is 1.56. The highest BCUT2D eigenvalue weighted by molar-refractivity contribution is 5.27. The molecule has 0 unspecified atom stereocenters. The summed E-state index contributed by atoms with van der Waals surface area (Å²) in [6, 6.07) is 0. The van der Waals surface area contributed by atoms with Gasteiger partial charge in [0.25, 0.3) is 5.78 Å². The molecule has 0 saturated heterocycles. The minimum Gasteiger partial charge on any atom is -0.392 e. The van der Waals surface area contributed by atoms with Crippen molar-refractivity contribution in [1.82, 2.24) is 19.6 Å². The zero-order valence-electron chi connectivity index (χ0n) is 6.60. The molecule has 0 aliphatic rings. The normalized spacial score (nSPS) is 10.8. The monoisotopic (exact) mass is 164 g/mol. The second-order valence-electron chi connectivity index (χ2n) is 2.52. The molecule has 0 aliphatic heterocycles. The van der Waals surface area contributed by atoms with E-state index in [2.05, 4.69) is 15.1 Å². The van der Waals surface area contributed by atoms with Crippen LogP contribution in [0.25, 0.3) is 5.78 Å². The van der Waals surface area contributed by atoms with Gasteiger partial charge >= 0.3 is 0 Å². The number of aliphatic hydroxyl groups excluding tert-OH is 1. The highest BCUT2D eigenvalue weighted by Gasteiger charge is 2.00. The minimum atomic E-state index is -0.0259. The molecule has 0 spiro atoms. The van der Waals surface area contributed by atoms with Gasteiger partial charge in [0.1, 0.15) is 5.82 Å². The second-order valence-corrected chi connectivity index (χ2v) is 2.52. The molecule has 0 radical (unpaired) electrons. The third kappa shape index (κ3) is 1.04. The first-order valence-electron chi connectivity index (χ1n) is 3.58. The molecule has 0 aliphatic carbocycles. The molecule has 2 rings (SSSR count). The molecular weight excluding hydrogens is 156 g/mol. The maximum absolute atomic E-state index is 8.80. The Morgan fingerprint density at radius 2 is 2.42 bits per heavy atom. The molecule has 0 bridgehead atoms. The summed E-state index contributed by atoms with van der Waals surface area (Å²) in [5.41, 5.74) is 0.729. The molecule has 2 aromatic rings. The largest absolute Gasteiger partial charge is 0.392 e. The summed E-state index contributed by atoms with van der Waals surface area (Å²) in [6.07, 6.45) is 3.30. The van der Waals surface area contributed by atoms with E-state index in [4.69, 9.17) is 5.11 Å². The average Bonchev–Trinajstić information content (AvgIpc) is 2.43. The van der Waals surface area contributed by atoms with Crippen LogP contribution in [0, 0.1) is 6.92 Å². The molecule has 0 aromatic carbocycles. The first kappa shape index (κ1) is 7.17. The van der Waals surface area contributed by atoms with E-state index in [0.29, 0.717) is 11.6 Å². The van der Waals surface area contributed by atoms with Gasteiger partial charge in [-0.2, -0.15) is 10.1 Å². The SMILES string of the molecule is Cc1nc2ncc(CO)cn2n1. The number of fused-ring (bicyclic) bond motifs is 1. The number of aromatic nitrogens is 4. The van der Waals surface area contributed by atoms with Gasteiger partial charge in [-0.15, -0.1) is 0 Å². The van der Waals surface area contributed by atoms with Crippen LogP contribution in [-0.4, -0.2) is 24.7 Å². The highest BCUT2D eigenvalue weighted by Crippen LogP contribution is 2.00. The van der Waals surface area contributed by atoms with E-state index in [1.54, 1.807) is 23.8 Å². The van der Waals surface area contributed by atoms with Gasteiger partial charge < -0.3 is 5.11 Å². The third-order valence-electron chi connectivity index (χ3n) is 1.54. The lowest BCUT2D eigenvalue weighted by molar-refractivity contribution is 0.280. The van der Waals surface area contributed by atoms with Crippen LogP contribution in [0.1, 0.15) is 11.4 Å². The molecule has 62 valence electrons. The third-order valence-corrected chi connectivity index (χ3v) is 1.54. The minimum absolute atomic E-state index is 0.0259. The van der Waals surface area contributed by atoms with Crippen molar-refractivity contribution in [2.75, 3.05) is 0 Å². The predicted octanol–water partition coefficient (Wildman–Crippen LogP) is -0.0750. The zero-order chi connectivity index (χ0) is 8.55. The lowest BCUT2D eigenvalue weighted by Gasteiger charge is -1.93. The Kier molecular flexibility index (Phi) is 1.51. The second kappa shape index (κ2) is 2.53. The van der Waals surface area contributed by atoms with E-state index >= 15 is 0 Å². The van der Waals surface area contributed by atoms with Crippen LogP contribution in [0.3, 0.4) is 0 Å². The fraction of sp³-hybridized carbons (Fsp3) is 0.286. The Hall–Kier alpha value is -1.49. The summed E-state index contributed by atoms with van der Waals surface area (Å²) in [5, 5.41) is 12.9. The Morgan fingerprint density at radius 3 is 3.17 bits per heavy atom. The van der Waals surface area contributed by atoms with Crippen molar-refractivity contribution in [1.29, 1.82) is 0 Å². The van der Waals surface area contributed by atoms with E-state index in [1.165, 1.54) is 0 Å². The van der Waals surface area contributed by atoms with Gasteiger partial charge in [0.05, 0.1) is 6.61 Å². The number of hydrogen-bond donors (Lipinski definition) is 1. The summed E-state index contributed by atoms with van der Waals surface area (Å²) in [6.45, 7) is 1.77. The summed E-state index contributed by atoms with van der Waals surface area (Å²) in [5.74, 6) is 1.24. The van der Waals surface area contributed by atoms with E-state index in [0.717, 1.165) is 5.56 Å². The van der Waals surface area contributed by atoms with Crippen molar-refractivity contribution in [2.45, 2.75) is 13.5 Å². The van der Waals surface area contributed by atoms with E-state index in [1.807, 2.05) is 0 Å². The molecule has 5 nitrogen and oxygen atoms in total. The van der Waals surface area contributed by atoms with Gasteiger partial charge in [-0.05, 0) is 6.92 Å². The molecule has 12 heavy (non-hydrogen) atoms. The van der Waals surface area contributed by atoms with Gasteiger partial charge in [-0.25, -0.2) is 9.50 Å². The number of aliphatic hydroxyl groups is 1. The molecular formula is C7H8N4O. The number of rotatable bonds is 1. The van der Waals surface area contributed by atoms with E-state index in [-0.39, 0.29) is 6.61 Å². The van der Waals surface area contributed by atoms with Crippen LogP contribution in [0.5, 0.6) is 0 Å². The quantitative estimate of drug-likeness (QED) is 0.640. The first-order chi connectivity index (χ1) is 5.79. The van der Waals surface area contributed by atoms with Crippen molar-refractivity contribution in [3.63, 3.8) is 0 Å². The summed E-state index contributed by atoms with van der Waals surface area (Å²) in [7, 11) is 0. The van der Waals surface area contributed by atoms with Crippen molar-refractivity contribution in [3.8, 4) is 0 Å². The van der Waals surface area contributed by atoms with Crippen LogP contribution in [0.2, 0.25) is 0 Å². The van der Waals surface area contributed by atoms with Crippen molar-refractivity contribution in [3.05, 3.63) is 23.8 Å². The molecule has 1 N–H and O–H groups in total. The molecule has 0 saturated carbocycles. The maximum Gasteiger partial charge on any atom is 0.252 e. The first-order valence-corrected chi connectivity index (χ1v) is 3.58. The zero-order valence-corrected chi connectivity index (χ0v) is 6.60. The van der Waals surface area contributed by atoms with Crippen LogP contribution in [-0.2, 0) is 6.61 Å². The van der Waals surface area contributed by atoms with Crippen LogP contribution in [0.15, 0.2) is 12.4 Å². The lowest BCUT2D eigenvalue weighted by atomic mass is 10.4. The standard InChI is InChI=1S/C7H8N4O/c1-5-9-7-8-2-6(4-12)3-11(7)10-5/h2-3,12H,4H2,1H3. The maximum atomic E-state index is 8.80. The fourth-order valence-electron chi connectivity index (χ4n) is 1.01. The van der Waals surface area contributed by atoms with Crippen LogP contribution >= 0.6 is 0 Å². The summed E-state index contributed by atoms with van der Waals surface area (Å²) in [4.78, 5) is 8.05. The molecule has 0 fully saturated rings. The Bertz CT molecular complexity index is 409. The van der Waals surface area contributed by atoms with E-state index in [9.17, 15) is 0 Å². The molecule has 2 aromatic heterocycles. The van der Waals surface area contributed by atoms with Crippen molar-refractivity contribution >= 4 is 5.78 Å². The van der Waals surface area contributed by atoms with E-state index < -0.39 is 0 Å². The predicted molar refractivity (Wildman–Crippen MR) is 41.4 cm³/mol. The van der Waals surface area contributed by atoms with Crippen molar-refractivity contribution < 1.29 is 5.11 Å². The van der Waals surface area contributed by atoms with Gasteiger partial charge in [0.15, 0.2) is 0 Å². The van der Waals surface area contributed by atoms with Gasteiger partial charge in [0.2, 0.25) is 0 Å². The molecule has 0 amide bonds. The number of aryl methyl sites for hydroxylation is 1. The Labute approximate surface area is 68.7 Å². The summed E-state index contributed by atoms with van der Waals surface area (Å²) >= 11 is 0. The molecule has 5 heteroatoms. The van der Waals surface area contributed by atoms with Gasteiger partial charge in [-0.1, -0.05) is 0 Å². The topological polar surface area (TPSA) is 63.3 Å². The Morgan fingerprint density at radius 1 is 1.58 bits per heavy atom. The smallest absolute Gasteiger partial charge is 0.252 e. The van der Waals surface area contributed by atoms with Crippen LogP contribution < -0.4 is 0 Å². The van der Waals surface area contributed by atoms with Gasteiger partial charge in [-0.3, -0.25) is 0 Å². The van der Waals surface area contributed by atoms with Crippen LogP contribution in [0.4, 0.5) is 0 Å². The molecule has 0 atom stereocenters. The lowest BCUT2D eigenvalue weighted by Crippen LogP contribution is -1.94. The van der Waals surface area contributed by atoms with Gasteiger partial charge in [0, 0.05) is 18.0 Å². The fourth-order valence-corrected chi connectivity index (χ4v) is 1.01. The molecule has 2 heterocycles. The number of nitrogens with zero attached hydrogens (tertiary/aromatic N) is 4. The van der Waals surface area contributed by atoms with Crippen molar-refractivity contribution in [2.24, 2.45) is 0 Å². The number of hydrogen-bond acceptors (Lipinski definition) is 4.